The molecule has 0 atom stereocenters. The summed E-state index contributed by atoms with van der Waals surface area (Å²) >= 11 is -2.11. The number of hydrogen-bond acceptors (Lipinski definition) is 3. The van der Waals surface area contributed by atoms with Gasteiger partial charge in [0.15, 0.2) is 0 Å². The van der Waals surface area contributed by atoms with Gasteiger partial charge in [0.1, 0.15) is 0 Å². The maximum atomic E-state index is 9.15. The first-order chi connectivity index (χ1) is 1.91. The van der Waals surface area contributed by atoms with Crippen molar-refractivity contribution in [2.24, 2.45) is 0 Å². The van der Waals surface area contributed by atoms with Crippen LogP contribution < -0.4 is 0 Å². The van der Waals surface area contributed by atoms with Crippen molar-refractivity contribution in [3.63, 3.8) is 0 Å². The van der Waals surface area contributed by atoms with Crippen LogP contribution in [0.5, 0.6) is 0 Å². The summed E-state index contributed by atoms with van der Waals surface area (Å²) in [5.41, 5.74) is 0. The van der Waals surface area contributed by atoms with E-state index in [1.807, 2.05) is 0 Å². The third-order valence-electron chi connectivity index (χ3n) is 0.0481. The normalized spacial score (nSPS) is 2.00. The molecule has 0 fully saturated rings. The van der Waals surface area contributed by atoms with Gasteiger partial charge in [-0.15, -0.1) is 0 Å². The summed E-state index contributed by atoms with van der Waals surface area (Å²) in [5, 5.41) is 0. The fraction of sp³-hybridized carbons (Fsp3) is 0. The van der Waals surface area contributed by atoms with Crippen molar-refractivity contribution < 1.29 is 29.5 Å². The van der Waals surface area contributed by atoms with Crippen LogP contribution in [0.4, 0.5) is 0 Å². The second-order valence-electron chi connectivity index (χ2n) is 0.236. The molecule has 0 aromatic rings. The molecule has 0 saturated heterocycles. The molecule has 0 bridgehead atoms. The van der Waals surface area contributed by atoms with E-state index in [9.17, 15) is 0 Å². The van der Waals surface area contributed by atoms with E-state index in [-0.39, 0.29) is 28.5 Å². The Bertz CT molecular complexity index is 31.8. The Kier molecular flexibility index (Phi) is 41.7. The van der Waals surface area contributed by atoms with Crippen molar-refractivity contribution in [2.45, 2.75) is 0 Å². The van der Waals surface area contributed by atoms with Crippen molar-refractivity contribution in [1.82, 2.24) is 0 Å². The molecule has 0 aromatic carbocycles. The van der Waals surface area contributed by atoms with Crippen LogP contribution in [-0.2, 0) is 24.1 Å². The molecule has 3 nitrogen and oxygen atoms in total. The predicted octanol–water partition coefficient (Wildman–Crippen LogP) is -1.45. The van der Waals surface area contributed by atoms with E-state index in [2.05, 4.69) is 0 Å². The molecule has 0 heterocycles. The molecule has 0 aliphatic carbocycles. The van der Waals surface area contributed by atoms with Crippen LogP contribution in [-0.4, -0.2) is 40.9 Å². The van der Waals surface area contributed by atoms with Crippen LogP contribution in [0.25, 0.3) is 0 Å². The Morgan fingerprint density at radius 2 is 1.67 bits per heavy atom. The molecule has 29 valence electrons. The molecule has 0 rings (SSSR count). The molecule has 0 aliphatic heterocycles. The van der Waals surface area contributed by atoms with Crippen LogP contribution in [0, 0.1) is 0 Å². The molecule has 0 radical (unpaired) electrons. The third kappa shape index (κ3) is 17.6. The van der Waals surface area contributed by atoms with Crippen LogP contribution in [0.3, 0.4) is 0 Å². The molecule has 6 heavy (non-hydrogen) atoms. The van der Waals surface area contributed by atoms with Gasteiger partial charge in [-0.1, -0.05) is 0 Å². The van der Waals surface area contributed by atoms with E-state index in [0.29, 0.717) is 0 Å². The standard InChI is InChI=1S/Al.Mg.H2O.2O.Ti.H/h;;1H2;;;;/q;+1;;;;;/p-1. The molecule has 0 aromatic heterocycles. The molecular formula is H2AlMgO3Ti. The average Bonchev–Trinajstić information content (AvgIpc) is 1.37. The van der Waals surface area contributed by atoms with Gasteiger partial charge in [0.25, 0.3) is 0 Å². The second-order valence-corrected chi connectivity index (χ2v) is 2.92. The fourth-order valence-electron chi connectivity index (χ4n) is 0. The Balaban J connectivity index is -0.0000000450. The fourth-order valence-corrected chi connectivity index (χ4v) is 0. The van der Waals surface area contributed by atoms with Gasteiger partial charge in [-0.2, -0.15) is 0 Å². The summed E-state index contributed by atoms with van der Waals surface area (Å²) in [6, 6.07) is 0. The Labute approximate surface area is 64.3 Å². The molecule has 0 unspecified atom stereocenters. The van der Waals surface area contributed by atoms with Crippen molar-refractivity contribution in [1.29, 1.82) is 0 Å². The molecule has 0 saturated carbocycles. The third-order valence-corrected chi connectivity index (χ3v) is 0.595. The average molecular weight is 149 g/mol. The van der Waals surface area contributed by atoms with Gasteiger partial charge in [-0.25, -0.2) is 0 Å². The molecule has 0 amide bonds. The molecule has 0 spiro atoms. The van der Waals surface area contributed by atoms with E-state index in [1.165, 1.54) is 0 Å². The topological polar surface area (TPSA) is 64.1 Å². The summed E-state index contributed by atoms with van der Waals surface area (Å²) in [7, 11) is 0. The van der Waals surface area contributed by atoms with Gasteiger partial charge in [-0.3, -0.25) is 0 Å². The van der Waals surface area contributed by atoms with Crippen molar-refractivity contribution in [2.75, 3.05) is 0 Å². The minimum absolute atomic E-state index is 0. The van der Waals surface area contributed by atoms with Crippen molar-refractivity contribution in [3.05, 3.63) is 0 Å². The van der Waals surface area contributed by atoms with Gasteiger partial charge < -0.3 is 5.48 Å². The van der Waals surface area contributed by atoms with Gasteiger partial charge in [0.05, 0.1) is 0 Å². The number of hydrogen-bond donors (Lipinski definition) is 0. The van der Waals surface area contributed by atoms with Gasteiger partial charge in [0, 0.05) is 0 Å². The zero-order valence-corrected chi connectivity index (χ0v) is 8.06. The van der Waals surface area contributed by atoms with Crippen LogP contribution >= 0.6 is 0 Å². The van der Waals surface area contributed by atoms with E-state index in [4.69, 9.17) is 7.13 Å². The number of rotatable bonds is 1. The van der Waals surface area contributed by atoms with E-state index >= 15 is 0 Å². The van der Waals surface area contributed by atoms with Crippen LogP contribution in [0.15, 0.2) is 0 Å². The Morgan fingerprint density at radius 3 is 1.67 bits per heavy atom. The molecule has 6 heteroatoms. The summed E-state index contributed by atoms with van der Waals surface area (Å²) in [4.78, 5) is 0. The molecule has 1 N–H and O–H groups in total. The second kappa shape index (κ2) is 16.0. The zero-order valence-electron chi connectivity index (χ0n) is 3.34. The summed E-state index contributed by atoms with van der Waals surface area (Å²) < 4.78 is 18.3. The van der Waals surface area contributed by atoms with E-state index < -0.39 is 29.3 Å². The maximum absolute atomic E-state index is 9.15. The van der Waals surface area contributed by atoms with Gasteiger partial charge in [0.2, 0.25) is 0 Å². The Hall–Kier alpha value is 1.57. The van der Waals surface area contributed by atoms with Gasteiger partial charge in [-0.05, 0) is 0 Å². The summed E-state index contributed by atoms with van der Waals surface area (Å²) in [5.74, 6) is 0. The minimum atomic E-state index is -1.21. The van der Waals surface area contributed by atoms with Crippen molar-refractivity contribution >= 4 is 35.4 Å². The molecular weight excluding hydrogens is 147 g/mol. The van der Waals surface area contributed by atoms with Gasteiger partial charge >= 0.3 is 59.5 Å². The Morgan fingerprint density at radius 1 is 1.50 bits per heavy atom. The van der Waals surface area contributed by atoms with E-state index in [1.54, 1.807) is 0 Å². The zero-order chi connectivity index (χ0) is 3.41. The van der Waals surface area contributed by atoms with Crippen molar-refractivity contribution in [3.8, 4) is 0 Å². The molecule has 0 aliphatic rings. The quantitative estimate of drug-likeness (QED) is 0.429. The summed E-state index contributed by atoms with van der Waals surface area (Å²) in [6.07, 6.45) is 0. The van der Waals surface area contributed by atoms with Crippen LogP contribution in [0.1, 0.15) is 0 Å². The first-order valence-electron chi connectivity index (χ1n) is 0.729. The van der Waals surface area contributed by atoms with Crippen LogP contribution in [0.2, 0.25) is 0 Å². The van der Waals surface area contributed by atoms with E-state index in [0.717, 1.165) is 0 Å². The predicted molar refractivity (Wildman–Crippen MR) is 16.2 cm³/mol. The monoisotopic (exact) mass is 149 g/mol. The SMILES string of the molecule is [MgH+].[OH-].[O]=[Al][Ti]=[O]. The summed E-state index contributed by atoms with van der Waals surface area (Å²) in [6.45, 7) is 0. The first kappa shape index (κ1) is 15.6. The first-order valence-corrected chi connectivity index (χ1v) is 5.12.